The Balaban J connectivity index is 2.86. The number of ether oxygens (including phenoxy) is 1. The van der Waals surface area contributed by atoms with E-state index in [0.717, 1.165) is 0 Å². The minimum absolute atomic E-state index is 0.0116. The van der Waals surface area contributed by atoms with Crippen molar-refractivity contribution in [2.75, 3.05) is 18.8 Å². The van der Waals surface area contributed by atoms with Gasteiger partial charge in [-0.15, -0.1) is 11.8 Å². The molecule has 0 rings (SSSR count). The van der Waals surface area contributed by atoms with Crippen molar-refractivity contribution in [2.24, 2.45) is 0 Å². The molecule has 0 aromatic heterocycles. The van der Waals surface area contributed by atoms with Gasteiger partial charge < -0.3 is 9.84 Å². The Morgan fingerprint density at radius 2 is 2.38 bits per heavy atom. The molecule has 0 heterocycles. The Bertz CT molecular complexity index is 49.7. The highest BCUT2D eigenvalue weighted by molar-refractivity contribution is 7.98. The highest BCUT2D eigenvalue weighted by atomic mass is 32.2. The molecule has 3 heteroatoms. The van der Waals surface area contributed by atoms with E-state index in [-0.39, 0.29) is 12.7 Å². The van der Waals surface area contributed by atoms with Gasteiger partial charge in [0, 0.05) is 0 Å². The Labute approximate surface area is 54.2 Å². The number of hydrogen-bond acceptors (Lipinski definition) is 3. The van der Waals surface area contributed by atoms with E-state index in [1.165, 1.54) is 0 Å². The molecule has 0 amide bonds. The number of aliphatic hydroxyl groups excluding tert-OH is 1. The molecule has 0 aromatic rings. The van der Waals surface area contributed by atoms with Crippen LogP contribution in [-0.2, 0) is 4.74 Å². The molecular formula is C5H12O2S. The summed E-state index contributed by atoms with van der Waals surface area (Å²) in [5.74, 6) is 0.668. The molecule has 0 aliphatic carbocycles. The minimum atomic E-state index is -0.0116. The van der Waals surface area contributed by atoms with Crippen LogP contribution in [0.25, 0.3) is 0 Å². The van der Waals surface area contributed by atoms with Crippen molar-refractivity contribution < 1.29 is 9.84 Å². The van der Waals surface area contributed by atoms with E-state index in [1.54, 1.807) is 11.8 Å². The van der Waals surface area contributed by atoms with Crippen molar-refractivity contribution >= 4 is 11.8 Å². The van der Waals surface area contributed by atoms with Gasteiger partial charge in [-0.25, -0.2) is 0 Å². The van der Waals surface area contributed by atoms with Crippen LogP contribution in [-0.4, -0.2) is 30.0 Å². The normalized spacial score (nSPS) is 13.9. The molecular weight excluding hydrogens is 124 g/mol. The first kappa shape index (κ1) is 8.27. The Morgan fingerprint density at radius 1 is 1.75 bits per heavy atom. The van der Waals surface area contributed by atoms with Crippen molar-refractivity contribution in [3.05, 3.63) is 0 Å². The molecule has 0 bridgehead atoms. The van der Waals surface area contributed by atoms with Gasteiger partial charge in [-0.05, 0) is 13.2 Å². The van der Waals surface area contributed by atoms with Crippen LogP contribution in [0.5, 0.6) is 0 Å². The maximum atomic E-state index is 8.43. The molecule has 1 N–H and O–H groups in total. The summed E-state index contributed by atoms with van der Waals surface area (Å²) < 4.78 is 5.05. The van der Waals surface area contributed by atoms with Crippen LogP contribution in [0, 0.1) is 0 Å². The van der Waals surface area contributed by atoms with Gasteiger partial charge >= 0.3 is 0 Å². The fourth-order valence-electron chi connectivity index (χ4n) is 0.237. The summed E-state index contributed by atoms with van der Waals surface area (Å²) in [5.41, 5.74) is 0. The zero-order valence-electron chi connectivity index (χ0n) is 5.26. The molecule has 1 atom stereocenters. The Morgan fingerprint density at radius 3 is 2.75 bits per heavy atom. The summed E-state index contributed by atoms with van der Waals surface area (Å²) in [5, 5.41) is 8.43. The van der Waals surface area contributed by atoms with E-state index in [9.17, 15) is 0 Å². The summed E-state index contributed by atoms with van der Waals surface area (Å²) in [4.78, 5) is 0. The predicted molar refractivity (Wildman–Crippen MR) is 36.0 cm³/mol. The minimum Gasteiger partial charge on any atom is -0.394 e. The van der Waals surface area contributed by atoms with E-state index in [0.29, 0.717) is 5.94 Å². The van der Waals surface area contributed by atoms with Crippen LogP contribution < -0.4 is 0 Å². The first-order valence-electron chi connectivity index (χ1n) is 2.52. The van der Waals surface area contributed by atoms with E-state index in [4.69, 9.17) is 9.84 Å². The van der Waals surface area contributed by atoms with E-state index in [1.807, 2.05) is 13.2 Å². The summed E-state index contributed by atoms with van der Waals surface area (Å²) in [7, 11) is 0. The lowest BCUT2D eigenvalue weighted by molar-refractivity contribution is 0.0532. The van der Waals surface area contributed by atoms with Crippen LogP contribution in [0.2, 0.25) is 0 Å². The maximum absolute atomic E-state index is 8.43. The first-order valence-corrected chi connectivity index (χ1v) is 3.92. The zero-order valence-corrected chi connectivity index (χ0v) is 6.07. The highest BCUT2D eigenvalue weighted by Crippen LogP contribution is 1.96. The lowest BCUT2D eigenvalue weighted by Crippen LogP contribution is -2.11. The van der Waals surface area contributed by atoms with Gasteiger partial charge in [0.2, 0.25) is 0 Å². The van der Waals surface area contributed by atoms with Gasteiger partial charge in [0.15, 0.2) is 0 Å². The molecule has 0 saturated carbocycles. The van der Waals surface area contributed by atoms with E-state index in [2.05, 4.69) is 0 Å². The SMILES string of the molecule is CSCO[C@@H](C)CO. The smallest absolute Gasteiger partial charge is 0.0922 e. The summed E-state index contributed by atoms with van der Waals surface area (Å²) in [6.45, 7) is 1.96. The summed E-state index contributed by atoms with van der Waals surface area (Å²) >= 11 is 1.61. The number of rotatable bonds is 4. The van der Waals surface area contributed by atoms with Gasteiger partial charge in [-0.2, -0.15) is 0 Å². The molecule has 8 heavy (non-hydrogen) atoms. The number of hydrogen-bond donors (Lipinski definition) is 1. The lowest BCUT2D eigenvalue weighted by atomic mass is 10.4. The number of aliphatic hydroxyl groups is 1. The third-order valence-electron chi connectivity index (χ3n) is 0.728. The third-order valence-corrected chi connectivity index (χ3v) is 1.10. The molecule has 0 aliphatic heterocycles. The number of thioether (sulfide) groups is 1. The van der Waals surface area contributed by atoms with Crippen molar-refractivity contribution in [1.82, 2.24) is 0 Å². The van der Waals surface area contributed by atoms with Crippen LogP contribution in [0.4, 0.5) is 0 Å². The molecule has 0 aromatic carbocycles. The third kappa shape index (κ3) is 4.43. The van der Waals surface area contributed by atoms with Gasteiger partial charge in [-0.1, -0.05) is 0 Å². The quantitative estimate of drug-likeness (QED) is 0.577. The lowest BCUT2D eigenvalue weighted by Gasteiger charge is -2.06. The van der Waals surface area contributed by atoms with E-state index >= 15 is 0 Å². The van der Waals surface area contributed by atoms with Crippen molar-refractivity contribution in [3.63, 3.8) is 0 Å². The molecule has 0 unspecified atom stereocenters. The van der Waals surface area contributed by atoms with Crippen LogP contribution in [0.15, 0.2) is 0 Å². The van der Waals surface area contributed by atoms with Gasteiger partial charge in [-0.3, -0.25) is 0 Å². The monoisotopic (exact) mass is 136 g/mol. The standard InChI is InChI=1S/C5H12O2S/c1-5(3-6)7-4-8-2/h5-6H,3-4H2,1-2H3/t5-/m0/s1. The first-order chi connectivity index (χ1) is 3.81. The predicted octanol–water partition coefficient (Wildman–Crippen LogP) is 0.704. The second kappa shape index (κ2) is 5.41. The summed E-state index contributed by atoms with van der Waals surface area (Å²) in [6, 6.07) is 0. The molecule has 0 aliphatic rings. The molecule has 0 radical (unpaired) electrons. The average Bonchev–Trinajstić information content (AvgIpc) is 1.83. The van der Waals surface area contributed by atoms with E-state index < -0.39 is 0 Å². The topological polar surface area (TPSA) is 29.5 Å². The second-order valence-corrected chi connectivity index (χ2v) is 2.38. The van der Waals surface area contributed by atoms with Gasteiger partial charge in [0.05, 0.1) is 18.6 Å². The molecule has 0 spiro atoms. The summed E-state index contributed by atoms with van der Waals surface area (Å²) in [6.07, 6.45) is 1.95. The van der Waals surface area contributed by atoms with Crippen LogP contribution in [0.1, 0.15) is 6.92 Å². The average molecular weight is 136 g/mol. The van der Waals surface area contributed by atoms with Crippen molar-refractivity contribution in [3.8, 4) is 0 Å². The molecule has 2 nitrogen and oxygen atoms in total. The fourth-order valence-corrected chi connectivity index (χ4v) is 0.605. The zero-order chi connectivity index (χ0) is 6.41. The highest BCUT2D eigenvalue weighted by Gasteiger charge is 1.95. The second-order valence-electron chi connectivity index (χ2n) is 1.57. The van der Waals surface area contributed by atoms with Crippen LogP contribution in [0.3, 0.4) is 0 Å². The van der Waals surface area contributed by atoms with Crippen molar-refractivity contribution in [2.45, 2.75) is 13.0 Å². The Hall–Kier alpha value is 0.270. The van der Waals surface area contributed by atoms with Crippen LogP contribution >= 0.6 is 11.8 Å². The van der Waals surface area contributed by atoms with Gasteiger partial charge in [0.1, 0.15) is 0 Å². The molecule has 0 saturated heterocycles. The molecule has 50 valence electrons. The van der Waals surface area contributed by atoms with Gasteiger partial charge in [0.25, 0.3) is 0 Å². The van der Waals surface area contributed by atoms with Crippen molar-refractivity contribution in [1.29, 1.82) is 0 Å². The molecule has 0 fully saturated rings. The maximum Gasteiger partial charge on any atom is 0.0922 e. The largest absolute Gasteiger partial charge is 0.394 e. The fraction of sp³-hybridized carbons (Fsp3) is 1.00. The Kier molecular flexibility index (Phi) is 5.59.